The minimum atomic E-state index is 0.412. The van der Waals surface area contributed by atoms with Gasteiger partial charge in [-0.05, 0) is 59.4 Å². The van der Waals surface area contributed by atoms with E-state index in [4.69, 9.17) is 14.2 Å². The summed E-state index contributed by atoms with van der Waals surface area (Å²) in [5.74, 6) is 2.58. The zero-order valence-electron chi connectivity index (χ0n) is 14.5. The molecule has 4 rings (SSSR count). The quantitative estimate of drug-likeness (QED) is 0.866. The molecule has 0 amide bonds. The van der Waals surface area contributed by atoms with Crippen LogP contribution in [0.2, 0.25) is 0 Å². The summed E-state index contributed by atoms with van der Waals surface area (Å²) in [4.78, 5) is 2.57. The molecular formula is C20H23NO3. The van der Waals surface area contributed by atoms with E-state index < -0.39 is 0 Å². The number of ether oxygens (including phenoxy) is 3. The van der Waals surface area contributed by atoms with Gasteiger partial charge in [-0.15, -0.1) is 0 Å². The van der Waals surface area contributed by atoms with Gasteiger partial charge in [-0.25, -0.2) is 0 Å². The van der Waals surface area contributed by atoms with Gasteiger partial charge in [0.15, 0.2) is 11.5 Å². The van der Waals surface area contributed by atoms with Gasteiger partial charge in [0, 0.05) is 19.1 Å². The van der Waals surface area contributed by atoms with Gasteiger partial charge < -0.3 is 14.2 Å². The van der Waals surface area contributed by atoms with Crippen molar-refractivity contribution in [3.63, 3.8) is 0 Å². The Labute approximate surface area is 142 Å². The molecule has 0 bridgehead atoms. The molecule has 2 aromatic carbocycles. The second kappa shape index (κ2) is 6.02. The highest BCUT2D eigenvalue weighted by Crippen LogP contribution is 2.42. The smallest absolute Gasteiger partial charge is 0.161 e. The van der Waals surface area contributed by atoms with Crippen molar-refractivity contribution in [3.05, 3.63) is 52.6 Å². The van der Waals surface area contributed by atoms with Crippen LogP contribution in [0, 0.1) is 0 Å². The Kier molecular flexibility index (Phi) is 3.85. The van der Waals surface area contributed by atoms with Gasteiger partial charge in [0.1, 0.15) is 5.75 Å². The standard InChI is InChI=1S/C20H23NO3/c1-22-16-5-4-13-9-18-17-11-20(24-3)19(23-2)10-14(17)6-7-21(18)12-15(13)8-16/h4-5,8,10-11,18H,6-7,9,12H2,1-3H3. The van der Waals surface area contributed by atoms with Gasteiger partial charge >= 0.3 is 0 Å². The first-order valence-corrected chi connectivity index (χ1v) is 8.38. The van der Waals surface area contributed by atoms with Crippen molar-refractivity contribution in [2.24, 2.45) is 0 Å². The molecule has 1 unspecified atom stereocenters. The summed E-state index contributed by atoms with van der Waals surface area (Å²) in [5, 5.41) is 0. The lowest BCUT2D eigenvalue weighted by Gasteiger charge is -2.41. The number of benzene rings is 2. The van der Waals surface area contributed by atoms with Crippen LogP contribution in [-0.4, -0.2) is 32.8 Å². The summed E-state index contributed by atoms with van der Waals surface area (Å²) in [6.07, 6.45) is 2.08. The second-order valence-corrected chi connectivity index (χ2v) is 6.48. The third-order valence-corrected chi connectivity index (χ3v) is 5.31. The van der Waals surface area contributed by atoms with Gasteiger partial charge in [-0.3, -0.25) is 4.90 Å². The Morgan fingerprint density at radius 3 is 2.42 bits per heavy atom. The molecule has 2 aliphatic rings. The molecule has 0 aromatic heterocycles. The highest BCUT2D eigenvalue weighted by Gasteiger charge is 2.33. The molecule has 126 valence electrons. The van der Waals surface area contributed by atoms with Crippen LogP contribution in [0.15, 0.2) is 30.3 Å². The summed E-state index contributed by atoms with van der Waals surface area (Å²) < 4.78 is 16.4. The topological polar surface area (TPSA) is 30.9 Å². The monoisotopic (exact) mass is 325 g/mol. The van der Waals surface area contributed by atoms with Crippen LogP contribution in [0.5, 0.6) is 17.2 Å². The van der Waals surface area contributed by atoms with Crippen LogP contribution in [-0.2, 0) is 19.4 Å². The van der Waals surface area contributed by atoms with E-state index in [2.05, 4.69) is 35.2 Å². The minimum absolute atomic E-state index is 0.412. The number of rotatable bonds is 3. The lowest BCUT2D eigenvalue weighted by atomic mass is 9.84. The van der Waals surface area contributed by atoms with Crippen molar-refractivity contribution >= 4 is 0 Å². The van der Waals surface area contributed by atoms with E-state index in [1.165, 1.54) is 22.3 Å². The molecule has 1 atom stereocenters. The molecule has 0 N–H and O–H groups in total. The van der Waals surface area contributed by atoms with E-state index in [0.29, 0.717) is 6.04 Å². The molecule has 4 heteroatoms. The van der Waals surface area contributed by atoms with Crippen molar-refractivity contribution in [2.75, 3.05) is 27.9 Å². The first kappa shape index (κ1) is 15.3. The molecule has 2 aromatic rings. The summed E-state index contributed by atoms with van der Waals surface area (Å²) in [5.41, 5.74) is 5.56. The molecule has 24 heavy (non-hydrogen) atoms. The number of fused-ring (bicyclic) bond motifs is 4. The van der Waals surface area contributed by atoms with Crippen LogP contribution in [0.4, 0.5) is 0 Å². The molecular weight excluding hydrogens is 302 g/mol. The van der Waals surface area contributed by atoms with Gasteiger partial charge in [0.2, 0.25) is 0 Å². The fourth-order valence-electron chi connectivity index (χ4n) is 4.01. The molecule has 4 nitrogen and oxygen atoms in total. The highest BCUT2D eigenvalue weighted by atomic mass is 16.5. The number of hydrogen-bond acceptors (Lipinski definition) is 4. The van der Waals surface area contributed by atoms with E-state index in [-0.39, 0.29) is 0 Å². The average Bonchev–Trinajstić information content (AvgIpc) is 2.64. The largest absolute Gasteiger partial charge is 0.497 e. The van der Waals surface area contributed by atoms with E-state index in [1.807, 2.05) is 0 Å². The molecule has 0 saturated heterocycles. The van der Waals surface area contributed by atoms with Gasteiger partial charge in [0.25, 0.3) is 0 Å². The van der Waals surface area contributed by atoms with E-state index in [1.54, 1.807) is 21.3 Å². The zero-order chi connectivity index (χ0) is 16.7. The maximum absolute atomic E-state index is 5.52. The SMILES string of the molecule is COc1ccc2c(c1)CN1CCc3cc(OC)c(OC)cc3C1C2. The lowest BCUT2D eigenvalue weighted by molar-refractivity contribution is 0.160. The Hall–Kier alpha value is -2.20. The summed E-state index contributed by atoms with van der Waals surface area (Å²) >= 11 is 0. The maximum atomic E-state index is 5.52. The van der Waals surface area contributed by atoms with Crippen LogP contribution in [0.25, 0.3) is 0 Å². The first-order valence-electron chi connectivity index (χ1n) is 8.38. The van der Waals surface area contributed by atoms with Crippen molar-refractivity contribution in [1.29, 1.82) is 0 Å². The van der Waals surface area contributed by atoms with Crippen LogP contribution in [0.1, 0.15) is 28.3 Å². The van der Waals surface area contributed by atoms with Crippen LogP contribution >= 0.6 is 0 Å². The van der Waals surface area contributed by atoms with Crippen LogP contribution in [0.3, 0.4) is 0 Å². The highest BCUT2D eigenvalue weighted by molar-refractivity contribution is 5.51. The first-order chi connectivity index (χ1) is 11.7. The Balaban J connectivity index is 1.73. The second-order valence-electron chi connectivity index (χ2n) is 6.48. The van der Waals surface area contributed by atoms with Crippen molar-refractivity contribution in [3.8, 4) is 17.2 Å². The molecule has 2 heterocycles. The van der Waals surface area contributed by atoms with Gasteiger partial charge in [-0.2, -0.15) is 0 Å². The predicted molar refractivity (Wildman–Crippen MR) is 93.1 cm³/mol. The van der Waals surface area contributed by atoms with Crippen LogP contribution < -0.4 is 14.2 Å². The fourth-order valence-corrected chi connectivity index (χ4v) is 4.01. The molecule has 2 aliphatic heterocycles. The van der Waals surface area contributed by atoms with Gasteiger partial charge in [-0.1, -0.05) is 6.07 Å². The zero-order valence-corrected chi connectivity index (χ0v) is 14.5. The number of nitrogens with zero attached hydrogens (tertiary/aromatic N) is 1. The van der Waals surface area contributed by atoms with E-state index in [0.717, 1.165) is 43.2 Å². The van der Waals surface area contributed by atoms with Crippen molar-refractivity contribution in [1.82, 2.24) is 4.90 Å². The Morgan fingerprint density at radius 1 is 0.875 bits per heavy atom. The minimum Gasteiger partial charge on any atom is -0.497 e. The summed E-state index contributed by atoms with van der Waals surface area (Å²) in [6.45, 7) is 2.05. The predicted octanol–water partition coefficient (Wildman–Crippen LogP) is 3.37. The molecule has 0 aliphatic carbocycles. The number of methoxy groups -OCH3 is 3. The third kappa shape index (κ3) is 2.42. The third-order valence-electron chi connectivity index (χ3n) is 5.31. The fraction of sp³-hybridized carbons (Fsp3) is 0.400. The van der Waals surface area contributed by atoms with Crippen molar-refractivity contribution < 1.29 is 14.2 Å². The summed E-state index contributed by atoms with van der Waals surface area (Å²) in [6, 6.07) is 11.2. The molecule has 0 spiro atoms. The van der Waals surface area contributed by atoms with Crippen molar-refractivity contribution in [2.45, 2.75) is 25.4 Å². The lowest BCUT2D eigenvalue weighted by Crippen LogP contribution is -2.39. The summed E-state index contributed by atoms with van der Waals surface area (Å²) in [7, 11) is 5.13. The number of hydrogen-bond donors (Lipinski definition) is 0. The van der Waals surface area contributed by atoms with E-state index >= 15 is 0 Å². The molecule has 0 radical (unpaired) electrons. The molecule has 0 fully saturated rings. The normalized spacial score (nSPS) is 19.0. The van der Waals surface area contributed by atoms with E-state index in [9.17, 15) is 0 Å². The maximum Gasteiger partial charge on any atom is 0.161 e. The Morgan fingerprint density at radius 2 is 1.67 bits per heavy atom. The average molecular weight is 325 g/mol. The molecule has 0 saturated carbocycles. The Bertz CT molecular complexity index is 772. The van der Waals surface area contributed by atoms with Gasteiger partial charge in [0.05, 0.1) is 21.3 Å².